The molecular formula is C27H29F2N7. The minimum atomic E-state index is -0.276. The topological polar surface area (TPSA) is 53.3 Å². The van der Waals surface area contributed by atoms with Gasteiger partial charge in [0, 0.05) is 46.0 Å². The normalized spacial score (nSPS) is 15.2. The Labute approximate surface area is 209 Å². The van der Waals surface area contributed by atoms with Gasteiger partial charge in [0.25, 0.3) is 0 Å². The van der Waals surface area contributed by atoms with Crippen molar-refractivity contribution < 1.29 is 8.78 Å². The summed E-state index contributed by atoms with van der Waals surface area (Å²) >= 11 is 0. The number of tetrazole rings is 1. The van der Waals surface area contributed by atoms with E-state index >= 15 is 0 Å². The van der Waals surface area contributed by atoms with Crippen molar-refractivity contribution in [2.24, 2.45) is 0 Å². The summed E-state index contributed by atoms with van der Waals surface area (Å²) in [5.41, 5.74) is 3.73. The molecule has 0 N–H and O–H groups in total. The van der Waals surface area contributed by atoms with Gasteiger partial charge in [-0.3, -0.25) is 4.90 Å². The van der Waals surface area contributed by atoms with Crippen molar-refractivity contribution >= 4 is 11.4 Å². The van der Waals surface area contributed by atoms with E-state index in [2.05, 4.69) is 54.5 Å². The molecule has 9 heteroatoms. The lowest BCUT2D eigenvalue weighted by molar-refractivity contribution is 0.201. The number of aromatic nitrogens is 4. The van der Waals surface area contributed by atoms with E-state index in [0.717, 1.165) is 35.7 Å². The van der Waals surface area contributed by atoms with Crippen molar-refractivity contribution in [3.63, 3.8) is 0 Å². The van der Waals surface area contributed by atoms with Gasteiger partial charge >= 0.3 is 0 Å². The van der Waals surface area contributed by atoms with Gasteiger partial charge in [-0.25, -0.2) is 13.5 Å². The Hall–Kier alpha value is -3.85. The molecule has 0 aliphatic carbocycles. The molecule has 0 unspecified atom stereocenters. The molecule has 1 fully saturated rings. The molecular weight excluding hydrogens is 460 g/mol. The van der Waals surface area contributed by atoms with Crippen molar-refractivity contribution in [2.75, 3.05) is 50.1 Å². The number of piperazine rings is 1. The number of anilines is 2. The molecule has 1 aliphatic rings. The second-order valence-corrected chi connectivity index (χ2v) is 9.18. The molecule has 0 saturated carbocycles. The van der Waals surface area contributed by atoms with Crippen molar-refractivity contribution in [3.05, 3.63) is 101 Å². The Bertz CT molecular complexity index is 1280. The van der Waals surface area contributed by atoms with E-state index in [9.17, 15) is 8.78 Å². The Morgan fingerprint density at radius 1 is 0.861 bits per heavy atom. The number of hydrogen-bond acceptors (Lipinski definition) is 6. The smallest absolute Gasteiger partial charge is 0.173 e. The monoisotopic (exact) mass is 489 g/mol. The van der Waals surface area contributed by atoms with E-state index in [1.807, 2.05) is 26.2 Å². The van der Waals surface area contributed by atoms with Gasteiger partial charge in [-0.1, -0.05) is 36.4 Å². The fourth-order valence-electron chi connectivity index (χ4n) is 4.69. The van der Waals surface area contributed by atoms with Crippen LogP contribution in [0.1, 0.15) is 23.0 Å². The Balaban J connectivity index is 1.44. The first kappa shape index (κ1) is 23.9. The largest absolute Gasteiger partial charge is 0.378 e. The number of nitrogens with zero attached hydrogens (tertiary/aromatic N) is 7. The van der Waals surface area contributed by atoms with Crippen molar-refractivity contribution in [3.8, 4) is 0 Å². The summed E-state index contributed by atoms with van der Waals surface area (Å²) in [6.07, 6.45) is 0. The number of halogens is 2. The summed E-state index contributed by atoms with van der Waals surface area (Å²) in [5.74, 6) is 0.239. The van der Waals surface area contributed by atoms with Crippen LogP contribution in [0.15, 0.2) is 72.8 Å². The molecule has 1 aliphatic heterocycles. The van der Waals surface area contributed by atoms with Crippen LogP contribution in [0.25, 0.3) is 0 Å². The average Bonchev–Trinajstić information content (AvgIpc) is 3.34. The lowest BCUT2D eigenvalue weighted by atomic mass is 10.0. The minimum Gasteiger partial charge on any atom is -0.378 e. The third-order valence-electron chi connectivity index (χ3n) is 6.65. The third-order valence-corrected chi connectivity index (χ3v) is 6.65. The summed E-state index contributed by atoms with van der Waals surface area (Å²) < 4.78 is 29.6. The highest BCUT2D eigenvalue weighted by atomic mass is 19.1. The highest BCUT2D eigenvalue weighted by Crippen LogP contribution is 2.31. The Morgan fingerprint density at radius 3 is 2.22 bits per heavy atom. The lowest BCUT2D eigenvalue weighted by Crippen LogP contribution is -2.48. The van der Waals surface area contributed by atoms with E-state index in [4.69, 9.17) is 0 Å². The third kappa shape index (κ3) is 5.06. The maximum absolute atomic E-state index is 14.4. The molecule has 5 rings (SSSR count). The number of para-hydroxylation sites is 1. The number of rotatable bonds is 7. The van der Waals surface area contributed by atoms with Crippen molar-refractivity contribution in [2.45, 2.75) is 12.6 Å². The van der Waals surface area contributed by atoms with Gasteiger partial charge < -0.3 is 9.80 Å². The maximum atomic E-state index is 14.4. The SMILES string of the molecule is CN(C)c1ccc([C@@H](c2nnnn2Cc2ccc(F)cc2)N2CCN(c3ccccc3F)CC2)cc1. The molecule has 7 nitrogen and oxygen atoms in total. The standard InChI is InChI=1S/C27H29F2N7/c1-33(2)23-13-9-21(10-14-23)26(27-30-31-32-36(27)19-20-7-11-22(28)12-8-20)35-17-15-34(16-18-35)25-6-4-3-5-24(25)29/h3-14,26H,15-19H2,1-2H3/t26-/m0/s1. The van der Waals surface area contributed by atoms with Crippen LogP contribution in [0.2, 0.25) is 0 Å². The molecule has 1 saturated heterocycles. The Kier molecular flexibility index (Phi) is 6.90. The Morgan fingerprint density at radius 2 is 1.56 bits per heavy atom. The molecule has 4 aromatic rings. The van der Waals surface area contributed by atoms with E-state index < -0.39 is 0 Å². The molecule has 3 aromatic carbocycles. The molecule has 0 bridgehead atoms. The zero-order valence-electron chi connectivity index (χ0n) is 20.4. The highest BCUT2D eigenvalue weighted by molar-refractivity contribution is 5.49. The van der Waals surface area contributed by atoms with Crippen LogP contribution in [-0.4, -0.2) is 65.4 Å². The van der Waals surface area contributed by atoms with E-state index in [1.54, 1.807) is 22.9 Å². The molecule has 0 radical (unpaired) electrons. The summed E-state index contributed by atoms with van der Waals surface area (Å²) in [5, 5.41) is 12.7. The second-order valence-electron chi connectivity index (χ2n) is 9.18. The van der Waals surface area contributed by atoms with E-state index in [-0.39, 0.29) is 17.7 Å². The lowest BCUT2D eigenvalue weighted by Gasteiger charge is -2.40. The van der Waals surface area contributed by atoms with Crippen LogP contribution >= 0.6 is 0 Å². The van der Waals surface area contributed by atoms with E-state index in [1.165, 1.54) is 18.2 Å². The summed E-state index contributed by atoms with van der Waals surface area (Å²) in [7, 11) is 4.02. The summed E-state index contributed by atoms with van der Waals surface area (Å²) in [6, 6.07) is 21.5. The van der Waals surface area contributed by atoms with Gasteiger partial charge in [-0.2, -0.15) is 0 Å². The first-order chi connectivity index (χ1) is 17.5. The van der Waals surface area contributed by atoms with Gasteiger partial charge in [-0.05, 0) is 58.0 Å². The zero-order valence-corrected chi connectivity index (χ0v) is 20.4. The van der Waals surface area contributed by atoms with E-state index in [0.29, 0.717) is 25.3 Å². The molecule has 0 spiro atoms. The molecule has 0 amide bonds. The second kappa shape index (κ2) is 10.4. The molecule has 1 aromatic heterocycles. The summed E-state index contributed by atoms with van der Waals surface area (Å²) in [6.45, 7) is 3.25. The van der Waals surface area contributed by atoms with Crippen LogP contribution < -0.4 is 9.80 Å². The van der Waals surface area contributed by atoms with Crippen molar-refractivity contribution in [1.82, 2.24) is 25.1 Å². The molecule has 2 heterocycles. The number of benzene rings is 3. The first-order valence-corrected chi connectivity index (χ1v) is 12.0. The predicted octanol–water partition coefficient (Wildman–Crippen LogP) is 3.98. The number of hydrogen-bond donors (Lipinski definition) is 0. The van der Waals surface area contributed by atoms with Crippen LogP contribution in [0.3, 0.4) is 0 Å². The molecule has 1 atom stereocenters. The minimum absolute atomic E-state index is 0.181. The van der Waals surface area contributed by atoms with Crippen LogP contribution in [0.4, 0.5) is 20.2 Å². The molecule has 36 heavy (non-hydrogen) atoms. The maximum Gasteiger partial charge on any atom is 0.173 e. The van der Waals surface area contributed by atoms with Gasteiger partial charge in [-0.15, -0.1) is 5.10 Å². The fourth-order valence-corrected chi connectivity index (χ4v) is 4.69. The van der Waals surface area contributed by atoms with Gasteiger partial charge in [0.15, 0.2) is 5.82 Å². The fraction of sp³-hybridized carbons (Fsp3) is 0.296. The van der Waals surface area contributed by atoms with Crippen LogP contribution in [-0.2, 0) is 6.54 Å². The zero-order chi connectivity index (χ0) is 25.1. The highest BCUT2D eigenvalue weighted by Gasteiger charge is 2.31. The predicted molar refractivity (Wildman–Crippen MR) is 136 cm³/mol. The average molecular weight is 490 g/mol. The first-order valence-electron chi connectivity index (χ1n) is 12.0. The van der Waals surface area contributed by atoms with Gasteiger partial charge in [0.05, 0.1) is 18.3 Å². The van der Waals surface area contributed by atoms with Crippen LogP contribution in [0, 0.1) is 11.6 Å². The summed E-state index contributed by atoms with van der Waals surface area (Å²) in [4.78, 5) is 6.49. The van der Waals surface area contributed by atoms with Crippen LogP contribution in [0.5, 0.6) is 0 Å². The van der Waals surface area contributed by atoms with Gasteiger partial charge in [0.1, 0.15) is 11.6 Å². The van der Waals surface area contributed by atoms with Crippen molar-refractivity contribution in [1.29, 1.82) is 0 Å². The molecule has 186 valence electrons. The van der Waals surface area contributed by atoms with Gasteiger partial charge in [0.2, 0.25) is 0 Å². The quantitative estimate of drug-likeness (QED) is 0.392.